The lowest BCUT2D eigenvalue weighted by Crippen LogP contribution is -2.53. The molecule has 0 heterocycles. The number of nitrogens with one attached hydrogen (secondary N) is 1. The van der Waals surface area contributed by atoms with Crippen LogP contribution >= 0.6 is 0 Å². The molecule has 0 aromatic heterocycles. The molecule has 6 heteroatoms. The molecular formula is C19H35N3O3. The molecule has 0 spiro atoms. The minimum absolute atomic E-state index is 0.0982. The van der Waals surface area contributed by atoms with E-state index in [1.807, 2.05) is 34.6 Å². The molecule has 6 nitrogen and oxygen atoms in total. The van der Waals surface area contributed by atoms with Gasteiger partial charge in [0, 0.05) is 18.1 Å². The van der Waals surface area contributed by atoms with Crippen LogP contribution in [0.1, 0.15) is 73.1 Å². The highest BCUT2D eigenvalue weighted by Crippen LogP contribution is 2.34. The van der Waals surface area contributed by atoms with Crippen molar-refractivity contribution in [3.05, 3.63) is 0 Å². The molecule has 2 saturated carbocycles. The topological polar surface area (TPSA) is 84.7 Å². The molecule has 0 aliphatic heterocycles. The first-order valence-corrected chi connectivity index (χ1v) is 9.65. The van der Waals surface area contributed by atoms with Gasteiger partial charge in [-0.1, -0.05) is 13.8 Å². The van der Waals surface area contributed by atoms with Crippen molar-refractivity contribution in [2.75, 3.05) is 0 Å². The number of carbonyl (C=O) groups excluding carboxylic acids is 2. The molecule has 0 aromatic carbocycles. The molecule has 2 fully saturated rings. The fourth-order valence-corrected chi connectivity index (χ4v) is 3.44. The minimum Gasteiger partial charge on any atom is -0.444 e. The van der Waals surface area contributed by atoms with Crippen molar-refractivity contribution in [3.63, 3.8) is 0 Å². The number of carbonyl (C=O) groups is 2. The summed E-state index contributed by atoms with van der Waals surface area (Å²) in [7, 11) is 0. The summed E-state index contributed by atoms with van der Waals surface area (Å²) < 4.78 is 5.33. The number of hydrogen-bond donors (Lipinski definition) is 2. The summed E-state index contributed by atoms with van der Waals surface area (Å²) in [5.74, 6) is 0.250. The second-order valence-corrected chi connectivity index (χ2v) is 8.90. The third kappa shape index (κ3) is 5.87. The van der Waals surface area contributed by atoms with Crippen LogP contribution in [0.25, 0.3) is 0 Å². The first-order chi connectivity index (χ1) is 11.6. The highest BCUT2D eigenvalue weighted by molar-refractivity contribution is 5.82. The van der Waals surface area contributed by atoms with E-state index in [2.05, 4.69) is 10.2 Å². The van der Waals surface area contributed by atoms with Crippen LogP contribution < -0.4 is 11.1 Å². The highest BCUT2D eigenvalue weighted by Gasteiger charge is 2.41. The summed E-state index contributed by atoms with van der Waals surface area (Å²) >= 11 is 0. The predicted molar refractivity (Wildman–Crippen MR) is 98.1 cm³/mol. The van der Waals surface area contributed by atoms with Gasteiger partial charge in [-0.05, 0) is 65.2 Å². The lowest BCUT2D eigenvalue weighted by atomic mass is 9.89. The number of hydrogen-bond acceptors (Lipinski definition) is 4. The van der Waals surface area contributed by atoms with Gasteiger partial charge in [-0.25, -0.2) is 4.79 Å². The molecular weight excluding hydrogens is 318 g/mol. The maximum absolute atomic E-state index is 12.8. The number of ether oxygens (including phenoxy) is 1. The van der Waals surface area contributed by atoms with Gasteiger partial charge in [-0.3, -0.25) is 4.79 Å². The van der Waals surface area contributed by atoms with Crippen LogP contribution in [0.4, 0.5) is 4.79 Å². The Morgan fingerprint density at radius 1 is 1.04 bits per heavy atom. The summed E-state index contributed by atoms with van der Waals surface area (Å²) in [5.41, 5.74) is 5.64. The van der Waals surface area contributed by atoms with E-state index in [1.54, 1.807) is 0 Å². The lowest BCUT2D eigenvalue weighted by Gasteiger charge is -2.39. The Kier molecular flexibility index (Phi) is 6.35. The van der Waals surface area contributed by atoms with Crippen molar-refractivity contribution < 1.29 is 14.3 Å². The summed E-state index contributed by atoms with van der Waals surface area (Å²) in [6, 6.07) is 0.332. The van der Waals surface area contributed by atoms with E-state index in [9.17, 15) is 9.59 Å². The third-order valence-corrected chi connectivity index (χ3v) is 5.01. The fourth-order valence-electron chi connectivity index (χ4n) is 3.44. The van der Waals surface area contributed by atoms with Gasteiger partial charge < -0.3 is 20.7 Å². The van der Waals surface area contributed by atoms with Crippen molar-refractivity contribution >= 4 is 12.0 Å². The van der Waals surface area contributed by atoms with Crippen LogP contribution in [0.3, 0.4) is 0 Å². The number of nitrogens with zero attached hydrogens (tertiary/aromatic N) is 1. The second-order valence-electron chi connectivity index (χ2n) is 8.90. The number of amides is 2. The Hall–Kier alpha value is -1.30. The smallest absolute Gasteiger partial charge is 0.407 e. The minimum atomic E-state index is -0.483. The molecule has 0 radical (unpaired) electrons. The van der Waals surface area contributed by atoms with Gasteiger partial charge in [0.2, 0.25) is 5.91 Å². The molecule has 25 heavy (non-hydrogen) atoms. The van der Waals surface area contributed by atoms with Gasteiger partial charge >= 0.3 is 6.09 Å². The van der Waals surface area contributed by atoms with E-state index in [0.717, 1.165) is 38.5 Å². The van der Waals surface area contributed by atoms with E-state index in [-0.39, 0.29) is 30.0 Å². The molecule has 2 rings (SSSR count). The van der Waals surface area contributed by atoms with Gasteiger partial charge in [0.05, 0.1) is 6.04 Å². The van der Waals surface area contributed by atoms with Crippen LogP contribution in [0, 0.1) is 5.92 Å². The number of alkyl carbamates (subject to hydrolysis) is 1. The summed E-state index contributed by atoms with van der Waals surface area (Å²) in [6.45, 7) is 9.58. The molecule has 2 aliphatic carbocycles. The summed E-state index contributed by atoms with van der Waals surface area (Å²) in [5, 5.41) is 2.96. The molecule has 3 N–H and O–H groups in total. The zero-order chi connectivity index (χ0) is 18.8. The van der Waals surface area contributed by atoms with E-state index >= 15 is 0 Å². The summed E-state index contributed by atoms with van der Waals surface area (Å²) in [4.78, 5) is 26.8. The molecule has 0 unspecified atom stereocenters. The highest BCUT2D eigenvalue weighted by atomic mass is 16.6. The second kappa shape index (κ2) is 7.94. The van der Waals surface area contributed by atoms with Gasteiger partial charge in [0.1, 0.15) is 5.60 Å². The van der Waals surface area contributed by atoms with Gasteiger partial charge in [0.25, 0.3) is 0 Å². The molecule has 1 atom stereocenters. The molecule has 0 saturated heterocycles. The van der Waals surface area contributed by atoms with Crippen LogP contribution in [0.15, 0.2) is 0 Å². The lowest BCUT2D eigenvalue weighted by molar-refractivity contribution is -0.137. The molecule has 0 bridgehead atoms. The Morgan fingerprint density at radius 2 is 1.52 bits per heavy atom. The van der Waals surface area contributed by atoms with Gasteiger partial charge in [-0.2, -0.15) is 0 Å². The van der Waals surface area contributed by atoms with Crippen molar-refractivity contribution in [1.82, 2.24) is 10.2 Å². The van der Waals surface area contributed by atoms with Crippen LogP contribution in [-0.2, 0) is 9.53 Å². The quantitative estimate of drug-likeness (QED) is 0.796. The fraction of sp³-hybridized carbons (Fsp3) is 0.895. The predicted octanol–water partition coefficient (Wildman–Crippen LogP) is 2.80. The standard InChI is InChI=1S/C19H35N3O3/c1-12(2)16(20)17(23)22(15-10-11-15)14-8-6-13(7-9-14)21-18(24)25-19(3,4)5/h12-16H,6-11,20H2,1-5H3,(H,21,24)/t13?,14?,16-/m0/s1. The Balaban J connectivity index is 1.87. The zero-order valence-electron chi connectivity index (χ0n) is 16.4. The Bertz CT molecular complexity index is 475. The maximum Gasteiger partial charge on any atom is 0.407 e. The first kappa shape index (κ1) is 20.0. The number of nitrogens with two attached hydrogens (primary N) is 1. The van der Waals surface area contributed by atoms with E-state index in [4.69, 9.17) is 10.5 Å². The normalized spacial score (nSPS) is 25.4. The Labute approximate surface area is 151 Å². The van der Waals surface area contributed by atoms with Gasteiger partial charge in [-0.15, -0.1) is 0 Å². The average molecular weight is 354 g/mol. The van der Waals surface area contributed by atoms with Crippen LogP contribution in [-0.4, -0.2) is 46.7 Å². The molecule has 2 aliphatic rings. The number of rotatable bonds is 5. The van der Waals surface area contributed by atoms with Crippen molar-refractivity contribution in [3.8, 4) is 0 Å². The van der Waals surface area contributed by atoms with Gasteiger partial charge in [0.15, 0.2) is 0 Å². The monoisotopic (exact) mass is 353 g/mol. The summed E-state index contributed by atoms with van der Waals surface area (Å²) in [6.07, 6.45) is 5.39. The average Bonchev–Trinajstić information content (AvgIpc) is 3.31. The van der Waals surface area contributed by atoms with E-state index < -0.39 is 11.6 Å². The molecule has 144 valence electrons. The van der Waals surface area contributed by atoms with Crippen molar-refractivity contribution in [2.24, 2.45) is 11.7 Å². The largest absolute Gasteiger partial charge is 0.444 e. The van der Waals surface area contributed by atoms with Crippen LogP contribution in [0.2, 0.25) is 0 Å². The van der Waals surface area contributed by atoms with Crippen molar-refractivity contribution in [2.45, 2.75) is 103 Å². The zero-order valence-corrected chi connectivity index (χ0v) is 16.4. The maximum atomic E-state index is 12.8. The first-order valence-electron chi connectivity index (χ1n) is 9.65. The molecule has 2 amide bonds. The SMILES string of the molecule is CC(C)[C@H](N)C(=O)N(C1CCC(NC(=O)OC(C)(C)C)CC1)C1CC1. The third-order valence-electron chi connectivity index (χ3n) is 5.01. The van der Waals surface area contributed by atoms with Crippen LogP contribution in [0.5, 0.6) is 0 Å². The van der Waals surface area contributed by atoms with E-state index in [1.165, 1.54) is 0 Å². The van der Waals surface area contributed by atoms with Crippen molar-refractivity contribution in [1.29, 1.82) is 0 Å². The van der Waals surface area contributed by atoms with E-state index in [0.29, 0.717) is 6.04 Å². The Morgan fingerprint density at radius 3 is 1.92 bits per heavy atom. The molecule has 0 aromatic rings.